The Hall–Kier alpha value is -0.830. The normalized spacial score (nSPS) is 12.3. The molecular weight excluding hydrogens is 403 g/mol. The summed E-state index contributed by atoms with van der Waals surface area (Å²) in [5, 5.41) is 11.2. The van der Waals surface area contributed by atoms with Crippen LogP contribution in [0.2, 0.25) is 0 Å². The fourth-order valence-corrected chi connectivity index (χ4v) is 2.02. The molecular formula is C16H33IN6. The highest BCUT2D eigenvalue weighted by Gasteiger charge is 2.20. The Morgan fingerprint density at radius 2 is 1.96 bits per heavy atom. The predicted octanol–water partition coefficient (Wildman–Crippen LogP) is 2.01. The number of hydrogen-bond acceptors (Lipinski definition) is 3. The molecule has 1 aromatic rings. The standard InChI is InChI=1S/C16H32N6.HI/c1-13-11-14(2)22(20-13)10-8-9-18-15(17-5)19-12-16(3,4)21(6)7;/h11H,8-10,12H2,1-7H3,(H2,17,18,19);1H. The molecule has 2 N–H and O–H groups in total. The Morgan fingerprint density at radius 1 is 1.30 bits per heavy atom. The Labute approximate surface area is 158 Å². The van der Waals surface area contributed by atoms with Crippen molar-refractivity contribution in [1.29, 1.82) is 0 Å². The van der Waals surface area contributed by atoms with Gasteiger partial charge in [-0.05, 0) is 54.3 Å². The van der Waals surface area contributed by atoms with E-state index >= 15 is 0 Å². The maximum atomic E-state index is 4.47. The molecule has 0 saturated heterocycles. The van der Waals surface area contributed by atoms with Crippen LogP contribution in [0.15, 0.2) is 11.1 Å². The molecule has 0 spiro atoms. The van der Waals surface area contributed by atoms with Crippen molar-refractivity contribution in [3.63, 3.8) is 0 Å². The Balaban J connectivity index is 0.00000484. The summed E-state index contributed by atoms with van der Waals surface area (Å²) in [7, 11) is 5.98. The Bertz CT molecular complexity index is 493. The molecule has 0 bridgehead atoms. The number of rotatable bonds is 7. The number of aromatic nitrogens is 2. The molecule has 0 radical (unpaired) electrons. The maximum Gasteiger partial charge on any atom is 0.191 e. The molecule has 134 valence electrons. The Morgan fingerprint density at radius 3 is 2.43 bits per heavy atom. The number of nitrogens with zero attached hydrogens (tertiary/aromatic N) is 4. The first kappa shape index (κ1) is 22.2. The minimum atomic E-state index is 0. The van der Waals surface area contributed by atoms with Crippen molar-refractivity contribution in [1.82, 2.24) is 25.3 Å². The fraction of sp³-hybridized carbons (Fsp3) is 0.750. The largest absolute Gasteiger partial charge is 0.356 e. The summed E-state index contributed by atoms with van der Waals surface area (Å²) in [5.74, 6) is 0.850. The molecule has 0 atom stereocenters. The van der Waals surface area contributed by atoms with Gasteiger partial charge in [-0.15, -0.1) is 24.0 Å². The van der Waals surface area contributed by atoms with E-state index < -0.39 is 0 Å². The molecule has 1 rings (SSSR count). The molecule has 23 heavy (non-hydrogen) atoms. The molecule has 1 heterocycles. The van der Waals surface area contributed by atoms with Crippen LogP contribution in [0.5, 0.6) is 0 Å². The van der Waals surface area contributed by atoms with E-state index in [1.807, 2.05) is 6.92 Å². The van der Waals surface area contributed by atoms with E-state index in [4.69, 9.17) is 0 Å². The van der Waals surface area contributed by atoms with Gasteiger partial charge in [-0.25, -0.2) is 0 Å². The zero-order valence-electron chi connectivity index (χ0n) is 15.6. The fourth-order valence-electron chi connectivity index (χ4n) is 2.02. The van der Waals surface area contributed by atoms with Gasteiger partial charge in [0.05, 0.1) is 5.69 Å². The van der Waals surface area contributed by atoms with E-state index in [2.05, 4.69) is 71.2 Å². The smallest absolute Gasteiger partial charge is 0.191 e. The SMILES string of the molecule is CN=C(NCCCn1nc(C)cc1C)NCC(C)(C)N(C)C.I. The highest BCUT2D eigenvalue weighted by Crippen LogP contribution is 2.07. The van der Waals surface area contributed by atoms with Crippen molar-refractivity contribution in [2.75, 3.05) is 34.2 Å². The molecule has 0 amide bonds. The molecule has 1 aromatic heterocycles. The molecule has 0 fully saturated rings. The first-order chi connectivity index (χ1) is 10.3. The van der Waals surface area contributed by atoms with Gasteiger partial charge < -0.3 is 15.5 Å². The van der Waals surface area contributed by atoms with Crippen molar-refractivity contribution in [3.05, 3.63) is 17.5 Å². The summed E-state index contributed by atoms with van der Waals surface area (Å²) in [5.41, 5.74) is 2.38. The molecule has 0 saturated carbocycles. The number of guanidine groups is 1. The first-order valence-electron chi connectivity index (χ1n) is 7.89. The number of aryl methyl sites for hydroxylation is 3. The van der Waals surface area contributed by atoms with E-state index in [-0.39, 0.29) is 29.5 Å². The van der Waals surface area contributed by atoms with E-state index in [1.165, 1.54) is 5.69 Å². The summed E-state index contributed by atoms with van der Waals surface area (Å²) >= 11 is 0. The molecule has 7 heteroatoms. The lowest BCUT2D eigenvalue weighted by Gasteiger charge is -2.33. The van der Waals surface area contributed by atoms with Gasteiger partial charge in [0.1, 0.15) is 0 Å². The van der Waals surface area contributed by atoms with E-state index in [1.54, 1.807) is 7.05 Å². The monoisotopic (exact) mass is 436 g/mol. The molecule has 0 unspecified atom stereocenters. The molecule has 6 nitrogen and oxygen atoms in total. The minimum absolute atomic E-state index is 0. The van der Waals surface area contributed by atoms with Crippen molar-refractivity contribution in [2.45, 2.75) is 46.2 Å². The average molecular weight is 436 g/mol. The van der Waals surface area contributed by atoms with Gasteiger partial charge in [0.2, 0.25) is 0 Å². The van der Waals surface area contributed by atoms with Gasteiger partial charge in [0.15, 0.2) is 5.96 Å². The van der Waals surface area contributed by atoms with Crippen molar-refractivity contribution in [3.8, 4) is 0 Å². The van der Waals surface area contributed by atoms with Crippen LogP contribution in [0.3, 0.4) is 0 Å². The van der Waals surface area contributed by atoms with Gasteiger partial charge in [-0.2, -0.15) is 5.10 Å². The minimum Gasteiger partial charge on any atom is -0.356 e. The second-order valence-corrected chi connectivity index (χ2v) is 6.56. The van der Waals surface area contributed by atoms with Gasteiger partial charge >= 0.3 is 0 Å². The lowest BCUT2D eigenvalue weighted by molar-refractivity contribution is 0.197. The summed E-state index contributed by atoms with van der Waals surface area (Å²) in [4.78, 5) is 6.47. The van der Waals surface area contributed by atoms with Gasteiger partial charge in [0.25, 0.3) is 0 Å². The number of hydrogen-bond donors (Lipinski definition) is 2. The summed E-state index contributed by atoms with van der Waals surface area (Å²) in [6.45, 7) is 11.2. The summed E-state index contributed by atoms with van der Waals surface area (Å²) < 4.78 is 2.06. The van der Waals surface area contributed by atoms with E-state index in [0.29, 0.717) is 0 Å². The quantitative estimate of drug-likeness (QED) is 0.297. The average Bonchev–Trinajstić information content (AvgIpc) is 2.76. The number of nitrogens with one attached hydrogen (secondary N) is 2. The van der Waals surface area contributed by atoms with Crippen LogP contribution in [0.25, 0.3) is 0 Å². The van der Waals surface area contributed by atoms with Crippen LogP contribution >= 0.6 is 24.0 Å². The van der Waals surface area contributed by atoms with Crippen LogP contribution < -0.4 is 10.6 Å². The molecule has 0 aromatic carbocycles. The molecule has 0 aliphatic rings. The summed E-state index contributed by atoms with van der Waals surface area (Å²) in [6, 6.07) is 2.11. The zero-order valence-corrected chi connectivity index (χ0v) is 17.9. The molecule has 0 aliphatic heterocycles. The first-order valence-corrected chi connectivity index (χ1v) is 7.89. The number of halogens is 1. The highest BCUT2D eigenvalue weighted by molar-refractivity contribution is 14.0. The second-order valence-electron chi connectivity index (χ2n) is 6.56. The lowest BCUT2D eigenvalue weighted by Crippen LogP contribution is -2.50. The summed E-state index contributed by atoms with van der Waals surface area (Å²) in [6.07, 6.45) is 1.01. The second kappa shape index (κ2) is 10.1. The third kappa shape index (κ3) is 7.52. The highest BCUT2D eigenvalue weighted by atomic mass is 127. The van der Waals surface area contributed by atoms with Crippen LogP contribution in [-0.4, -0.2) is 60.4 Å². The maximum absolute atomic E-state index is 4.47. The predicted molar refractivity (Wildman–Crippen MR) is 109 cm³/mol. The van der Waals surface area contributed by atoms with Gasteiger partial charge in [-0.3, -0.25) is 9.67 Å². The third-order valence-electron chi connectivity index (χ3n) is 4.07. The van der Waals surface area contributed by atoms with Crippen LogP contribution in [0.1, 0.15) is 31.7 Å². The lowest BCUT2D eigenvalue weighted by atomic mass is 10.0. The van der Waals surface area contributed by atoms with Crippen LogP contribution in [-0.2, 0) is 6.54 Å². The van der Waals surface area contributed by atoms with Gasteiger partial charge in [0, 0.05) is 37.9 Å². The van der Waals surface area contributed by atoms with Gasteiger partial charge in [-0.1, -0.05) is 0 Å². The number of aliphatic imine (C=N–C) groups is 1. The van der Waals surface area contributed by atoms with Crippen LogP contribution in [0.4, 0.5) is 0 Å². The Kier molecular flexibility index (Phi) is 9.76. The van der Waals surface area contributed by atoms with Crippen molar-refractivity contribution in [2.24, 2.45) is 4.99 Å². The van der Waals surface area contributed by atoms with E-state index in [0.717, 1.165) is 37.7 Å². The third-order valence-corrected chi connectivity index (χ3v) is 4.07. The molecule has 0 aliphatic carbocycles. The topological polar surface area (TPSA) is 57.5 Å². The number of likely N-dealkylation sites (N-methyl/N-ethyl adjacent to an activating group) is 1. The van der Waals surface area contributed by atoms with Crippen LogP contribution in [0, 0.1) is 13.8 Å². The van der Waals surface area contributed by atoms with Crippen molar-refractivity contribution >= 4 is 29.9 Å². The zero-order chi connectivity index (χ0) is 16.8. The van der Waals surface area contributed by atoms with Crippen molar-refractivity contribution < 1.29 is 0 Å². The van der Waals surface area contributed by atoms with E-state index in [9.17, 15) is 0 Å².